The topological polar surface area (TPSA) is 64.1 Å². The van der Waals surface area contributed by atoms with Crippen molar-refractivity contribution >= 4 is 34.0 Å². The van der Waals surface area contributed by atoms with Crippen LogP contribution >= 0.6 is 22.9 Å². The lowest BCUT2D eigenvalue weighted by Gasteiger charge is -2.23. The highest BCUT2D eigenvalue weighted by atomic mass is 35.5. The van der Waals surface area contributed by atoms with Crippen LogP contribution in [0, 0.1) is 0 Å². The monoisotopic (exact) mass is 413 g/mol. The van der Waals surface area contributed by atoms with E-state index < -0.39 is 0 Å². The number of aromatic nitrogens is 2. The number of nitrogens with zero attached hydrogens (tertiary/aromatic N) is 2. The van der Waals surface area contributed by atoms with Crippen molar-refractivity contribution < 1.29 is 9.53 Å². The molecule has 0 bridgehead atoms. The minimum atomic E-state index is -0.224. The molecule has 1 aliphatic rings. The molecule has 4 rings (SSSR count). The number of amides is 1. The minimum Gasteiger partial charge on any atom is -0.490 e. The van der Waals surface area contributed by atoms with E-state index >= 15 is 0 Å². The Morgan fingerprint density at radius 3 is 2.61 bits per heavy atom. The molecule has 0 aliphatic heterocycles. The van der Waals surface area contributed by atoms with Crippen LogP contribution in [0.25, 0.3) is 10.6 Å². The lowest BCUT2D eigenvalue weighted by Crippen LogP contribution is -2.19. The van der Waals surface area contributed by atoms with E-state index in [1.807, 2.05) is 30.3 Å². The number of halogens is 1. The zero-order valence-electron chi connectivity index (χ0n) is 15.2. The van der Waals surface area contributed by atoms with Crippen molar-refractivity contribution in [1.82, 2.24) is 10.2 Å². The molecule has 2 aromatic carbocycles. The summed E-state index contributed by atoms with van der Waals surface area (Å²) in [5, 5.41) is 12.8. The van der Waals surface area contributed by atoms with Crippen molar-refractivity contribution in [2.75, 3.05) is 5.32 Å². The van der Waals surface area contributed by atoms with Crippen molar-refractivity contribution in [2.45, 2.75) is 38.2 Å². The molecular formula is C21H20ClN3O2S. The SMILES string of the molecule is O=C(Nc1nnc(-c2cccc(Cl)c2)s1)c1ccc(OC2CCCCC2)cc1. The number of anilines is 1. The van der Waals surface area contributed by atoms with Crippen molar-refractivity contribution in [3.05, 3.63) is 59.1 Å². The number of benzene rings is 2. The zero-order chi connectivity index (χ0) is 19.3. The van der Waals surface area contributed by atoms with E-state index in [4.69, 9.17) is 16.3 Å². The number of carbonyl (C=O) groups excluding carboxylic acids is 1. The van der Waals surface area contributed by atoms with Gasteiger partial charge in [0, 0.05) is 16.1 Å². The van der Waals surface area contributed by atoms with Crippen molar-refractivity contribution in [2.24, 2.45) is 0 Å². The predicted molar refractivity (Wildman–Crippen MR) is 112 cm³/mol. The number of rotatable bonds is 5. The molecule has 1 fully saturated rings. The first kappa shape index (κ1) is 18.9. The number of carbonyl (C=O) groups is 1. The molecule has 0 unspecified atom stereocenters. The van der Waals surface area contributed by atoms with Gasteiger partial charge in [0.15, 0.2) is 0 Å². The average Bonchev–Trinajstić information content (AvgIpc) is 3.18. The number of hydrogen-bond donors (Lipinski definition) is 1. The maximum absolute atomic E-state index is 12.5. The van der Waals surface area contributed by atoms with Crippen LogP contribution in [0.3, 0.4) is 0 Å². The highest BCUT2D eigenvalue weighted by Crippen LogP contribution is 2.28. The number of hydrogen-bond acceptors (Lipinski definition) is 5. The molecule has 1 aromatic heterocycles. The smallest absolute Gasteiger partial charge is 0.257 e. The van der Waals surface area contributed by atoms with Gasteiger partial charge in [-0.05, 0) is 62.1 Å². The Balaban J connectivity index is 1.38. The summed E-state index contributed by atoms with van der Waals surface area (Å²) >= 11 is 7.32. The third kappa shape index (κ3) is 4.69. The second kappa shape index (κ2) is 8.71. The van der Waals surface area contributed by atoms with Crippen molar-refractivity contribution in [1.29, 1.82) is 0 Å². The molecule has 0 saturated heterocycles. The van der Waals surface area contributed by atoms with Gasteiger partial charge < -0.3 is 4.74 Å². The molecule has 1 N–H and O–H groups in total. The van der Waals surface area contributed by atoms with E-state index in [1.54, 1.807) is 18.2 Å². The van der Waals surface area contributed by atoms with Crippen LogP contribution in [0.2, 0.25) is 5.02 Å². The van der Waals surface area contributed by atoms with Gasteiger partial charge >= 0.3 is 0 Å². The molecule has 1 aliphatic carbocycles. The maximum atomic E-state index is 12.5. The Morgan fingerprint density at radius 1 is 1.07 bits per heavy atom. The van der Waals surface area contributed by atoms with Gasteiger partial charge in [0.1, 0.15) is 10.8 Å². The van der Waals surface area contributed by atoms with E-state index in [0.29, 0.717) is 26.8 Å². The van der Waals surface area contributed by atoms with Gasteiger partial charge in [-0.3, -0.25) is 10.1 Å². The quantitative estimate of drug-likeness (QED) is 0.572. The Kier molecular flexibility index (Phi) is 5.88. The molecule has 1 saturated carbocycles. The molecule has 5 nitrogen and oxygen atoms in total. The molecule has 0 radical (unpaired) electrons. The lowest BCUT2D eigenvalue weighted by molar-refractivity contribution is 0.102. The Labute approximate surface area is 172 Å². The van der Waals surface area contributed by atoms with Gasteiger partial charge in [0.25, 0.3) is 5.91 Å². The molecule has 144 valence electrons. The Hall–Kier alpha value is -2.44. The lowest BCUT2D eigenvalue weighted by atomic mass is 9.98. The molecule has 1 amide bonds. The summed E-state index contributed by atoms with van der Waals surface area (Å²) in [6.45, 7) is 0. The van der Waals surface area contributed by atoms with Crippen LogP contribution in [-0.2, 0) is 0 Å². The fourth-order valence-corrected chi connectivity index (χ4v) is 4.17. The highest BCUT2D eigenvalue weighted by Gasteiger charge is 2.16. The van der Waals surface area contributed by atoms with Crippen LogP contribution in [0.5, 0.6) is 5.75 Å². The van der Waals surface area contributed by atoms with Crippen LogP contribution in [-0.4, -0.2) is 22.2 Å². The number of ether oxygens (including phenoxy) is 1. The van der Waals surface area contributed by atoms with E-state index in [2.05, 4.69) is 15.5 Å². The summed E-state index contributed by atoms with van der Waals surface area (Å²) in [7, 11) is 0. The van der Waals surface area contributed by atoms with Crippen LogP contribution < -0.4 is 10.1 Å². The highest BCUT2D eigenvalue weighted by molar-refractivity contribution is 7.18. The summed E-state index contributed by atoms with van der Waals surface area (Å²) in [5.74, 6) is 0.584. The summed E-state index contributed by atoms with van der Waals surface area (Å²) < 4.78 is 6.01. The first-order valence-corrected chi connectivity index (χ1v) is 10.5. The van der Waals surface area contributed by atoms with Crippen molar-refractivity contribution in [3.63, 3.8) is 0 Å². The fraction of sp³-hybridized carbons (Fsp3) is 0.286. The van der Waals surface area contributed by atoms with Crippen LogP contribution in [0.15, 0.2) is 48.5 Å². The molecule has 3 aromatic rings. The number of nitrogens with one attached hydrogen (secondary N) is 1. The predicted octanol–water partition coefficient (Wildman–Crippen LogP) is 5.82. The van der Waals surface area contributed by atoms with Gasteiger partial charge in [-0.2, -0.15) is 0 Å². The summed E-state index contributed by atoms with van der Waals surface area (Å²) in [4.78, 5) is 12.5. The third-order valence-corrected chi connectivity index (χ3v) is 5.81. The molecule has 0 spiro atoms. The second-order valence-corrected chi connectivity index (χ2v) is 8.19. The van der Waals surface area contributed by atoms with Gasteiger partial charge in [-0.25, -0.2) is 0 Å². The van der Waals surface area contributed by atoms with Crippen LogP contribution in [0.4, 0.5) is 5.13 Å². The van der Waals surface area contributed by atoms with Gasteiger partial charge in [0.05, 0.1) is 6.10 Å². The van der Waals surface area contributed by atoms with E-state index in [-0.39, 0.29) is 5.91 Å². The van der Waals surface area contributed by atoms with E-state index in [1.165, 1.54) is 30.6 Å². The summed E-state index contributed by atoms with van der Waals surface area (Å²) in [5.41, 5.74) is 1.42. The Morgan fingerprint density at radius 2 is 1.86 bits per heavy atom. The summed E-state index contributed by atoms with van der Waals surface area (Å²) in [6.07, 6.45) is 6.25. The normalized spacial score (nSPS) is 14.6. The zero-order valence-corrected chi connectivity index (χ0v) is 16.8. The summed E-state index contributed by atoms with van der Waals surface area (Å²) in [6, 6.07) is 14.6. The van der Waals surface area contributed by atoms with Gasteiger partial charge in [-0.15, -0.1) is 10.2 Å². The first-order chi connectivity index (χ1) is 13.7. The van der Waals surface area contributed by atoms with Gasteiger partial charge in [-0.1, -0.05) is 41.5 Å². The average molecular weight is 414 g/mol. The standard InChI is InChI=1S/C21H20ClN3O2S/c22-16-6-4-5-15(13-16)20-24-25-21(28-20)23-19(26)14-9-11-18(12-10-14)27-17-7-2-1-3-8-17/h4-6,9-13,17H,1-3,7-8H2,(H,23,25,26). The molecule has 0 atom stereocenters. The fourth-order valence-electron chi connectivity index (χ4n) is 3.24. The molecule has 7 heteroatoms. The Bertz CT molecular complexity index is 952. The van der Waals surface area contributed by atoms with Crippen LogP contribution in [0.1, 0.15) is 42.5 Å². The van der Waals surface area contributed by atoms with Gasteiger partial charge in [0.2, 0.25) is 5.13 Å². The molecular weight excluding hydrogens is 394 g/mol. The minimum absolute atomic E-state index is 0.224. The second-order valence-electron chi connectivity index (χ2n) is 6.78. The maximum Gasteiger partial charge on any atom is 0.257 e. The van der Waals surface area contributed by atoms with E-state index in [0.717, 1.165) is 24.2 Å². The third-order valence-electron chi connectivity index (χ3n) is 4.69. The van der Waals surface area contributed by atoms with Crippen molar-refractivity contribution in [3.8, 4) is 16.3 Å². The molecule has 1 heterocycles. The largest absolute Gasteiger partial charge is 0.490 e. The molecule has 28 heavy (non-hydrogen) atoms. The first-order valence-electron chi connectivity index (χ1n) is 9.35. The van der Waals surface area contributed by atoms with E-state index in [9.17, 15) is 4.79 Å².